The fourth-order valence-electron chi connectivity index (χ4n) is 3.10. The van der Waals surface area contributed by atoms with E-state index in [-0.39, 0.29) is 5.78 Å². The molecule has 1 heterocycles. The Kier molecular flexibility index (Phi) is 5.65. The van der Waals surface area contributed by atoms with Crippen LogP contribution in [0.25, 0.3) is 0 Å². The topological polar surface area (TPSA) is 35.5 Å². The van der Waals surface area contributed by atoms with Crippen molar-refractivity contribution < 1.29 is 14.0 Å². The number of methoxy groups -OCH3 is 1. The van der Waals surface area contributed by atoms with Gasteiger partial charge in [0.2, 0.25) is 5.78 Å². The molecule has 0 aliphatic rings. The highest BCUT2D eigenvalue weighted by molar-refractivity contribution is 7.10. The molecule has 0 bridgehead atoms. The molecule has 1 atom stereocenters. The van der Waals surface area contributed by atoms with Crippen LogP contribution < -0.4 is 4.74 Å². The monoisotopic (exact) mass is 396 g/mol. The molecule has 0 radical (unpaired) electrons. The molecule has 1 unspecified atom stereocenters. The quantitative estimate of drug-likeness (QED) is 0.378. The Morgan fingerprint density at radius 2 is 1.59 bits per heavy atom. The number of ketones is 1. The molecule has 0 saturated carbocycles. The van der Waals surface area contributed by atoms with Gasteiger partial charge in [0.15, 0.2) is 13.9 Å². The van der Waals surface area contributed by atoms with E-state index in [0.29, 0.717) is 5.56 Å². The maximum Gasteiger partial charge on any atom is 0.203 e. The predicted molar refractivity (Wildman–Crippen MR) is 113 cm³/mol. The summed E-state index contributed by atoms with van der Waals surface area (Å²) in [7, 11) is -0.468. The lowest BCUT2D eigenvalue weighted by Crippen LogP contribution is -2.47. The van der Waals surface area contributed by atoms with E-state index in [2.05, 4.69) is 19.6 Å². The first-order valence-electron chi connectivity index (χ1n) is 8.85. The lowest BCUT2D eigenvalue weighted by Gasteiger charge is -2.38. The Bertz CT molecular complexity index is 884. The summed E-state index contributed by atoms with van der Waals surface area (Å²) >= 11 is 1.55. The van der Waals surface area contributed by atoms with E-state index in [1.165, 1.54) is 0 Å². The molecule has 0 fully saturated rings. The number of thiophene rings is 1. The van der Waals surface area contributed by atoms with Crippen LogP contribution in [0.1, 0.15) is 20.8 Å². The fraction of sp³-hybridized carbons (Fsp3) is 0.227. The SMILES string of the molecule is COc1ccc(C(=O)C(O[Si](C)(C)C)(c2ccccc2)c2cccs2)cc1. The van der Waals surface area contributed by atoms with Gasteiger partial charge >= 0.3 is 0 Å². The summed E-state index contributed by atoms with van der Waals surface area (Å²) in [4.78, 5) is 14.8. The minimum absolute atomic E-state index is 0.0544. The Morgan fingerprint density at radius 1 is 0.926 bits per heavy atom. The fourth-order valence-corrected chi connectivity index (χ4v) is 5.29. The number of hydrogen-bond donors (Lipinski definition) is 0. The van der Waals surface area contributed by atoms with Gasteiger partial charge in [0.25, 0.3) is 0 Å². The van der Waals surface area contributed by atoms with Gasteiger partial charge in [-0.15, -0.1) is 11.3 Å². The average Bonchev–Trinajstić information content (AvgIpc) is 3.21. The van der Waals surface area contributed by atoms with Crippen molar-refractivity contribution in [1.82, 2.24) is 0 Å². The van der Waals surface area contributed by atoms with Crippen molar-refractivity contribution >= 4 is 25.4 Å². The van der Waals surface area contributed by atoms with Gasteiger partial charge in [-0.25, -0.2) is 0 Å². The molecule has 0 saturated heterocycles. The number of carbonyl (C=O) groups is 1. The second-order valence-corrected chi connectivity index (χ2v) is 12.7. The lowest BCUT2D eigenvalue weighted by atomic mass is 9.84. The molecule has 0 aliphatic carbocycles. The molecule has 3 rings (SSSR count). The number of hydrogen-bond acceptors (Lipinski definition) is 4. The Hall–Kier alpha value is -2.21. The maximum absolute atomic E-state index is 13.9. The van der Waals surface area contributed by atoms with Gasteiger partial charge in [-0.05, 0) is 60.9 Å². The number of ether oxygens (including phenoxy) is 1. The van der Waals surface area contributed by atoms with E-state index in [4.69, 9.17) is 9.16 Å². The van der Waals surface area contributed by atoms with Crippen LogP contribution in [0.15, 0.2) is 72.1 Å². The predicted octanol–water partition coefficient (Wildman–Crippen LogP) is 5.73. The molecule has 0 aliphatic heterocycles. The number of carbonyl (C=O) groups excluding carboxylic acids is 1. The van der Waals surface area contributed by atoms with Crippen LogP contribution in [0, 0.1) is 0 Å². The van der Waals surface area contributed by atoms with Gasteiger partial charge < -0.3 is 9.16 Å². The van der Waals surface area contributed by atoms with Crippen LogP contribution in [0.2, 0.25) is 19.6 Å². The summed E-state index contributed by atoms with van der Waals surface area (Å²) in [6, 6.07) is 21.0. The first-order valence-corrected chi connectivity index (χ1v) is 13.1. The molecule has 5 heteroatoms. The normalized spacial score (nSPS) is 13.8. The molecule has 0 amide bonds. The molecule has 27 heavy (non-hydrogen) atoms. The average molecular weight is 397 g/mol. The van der Waals surface area contributed by atoms with Crippen molar-refractivity contribution in [2.75, 3.05) is 7.11 Å². The van der Waals surface area contributed by atoms with Gasteiger partial charge in [0.05, 0.1) is 7.11 Å². The second kappa shape index (κ2) is 7.80. The zero-order chi connectivity index (χ0) is 19.5. The zero-order valence-corrected chi connectivity index (χ0v) is 17.9. The van der Waals surface area contributed by atoms with Crippen LogP contribution in [0.4, 0.5) is 0 Å². The molecular formula is C22H24O3SSi. The van der Waals surface area contributed by atoms with E-state index < -0.39 is 13.9 Å². The highest BCUT2D eigenvalue weighted by atomic mass is 32.1. The third-order valence-corrected chi connectivity index (χ3v) is 6.07. The summed E-state index contributed by atoms with van der Waals surface area (Å²) in [6.45, 7) is 6.33. The van der Waals surface area contributed by atoms with Gasteiger partial charge in [-0.2, -0.15) is 0 Å². The van der Waals surface area contributed by atoms with Crippen molar-refractivity contribution in [3.05, 3.63) is 88.1 Å². The molecule has 3 nitrogen and oxygen atoms in total. The van der Waals surface area contributed by atoms with Crippen molar-refractivity contribution in [1.29, 1.82) is 0 Å². The van der Waals surface area contributed by atoms with Crippen LogP contribution in [-0.2, 0) is 10.0 Å². The minimum atomic E-state index is -2.08. The van der Waals surface area contributed by atoms with Crippen molar-refractivity contribution in [3.63, 3.8) is 0 Å². The van der Waals surface area contributed by atoms with E-state index in [0.717, 1.165) is 16.2 Å². The molecule has 2 aromatic carbocycles. The molecular weight excluding hydrogens is 372 g/mol. The van der Waals surface area contributed by atoms with Crippen molar-refractivity contribution in [3.8, 4) is 5.75 Å². The van der Waals surface area contributed by atoms with Crippen LogP contribution in [0.5, 0.6) is 5.75 Å². The Labute approximate surface area is 165 Å². The Morgan fingerprint density at radius 3 is 2.11 bits per heavy atom. The van der Waals surface area contributed by atoms with Gasteiger partial charge in [0, 0.05) is 10.4 Å². The highest BCUT2D eigenvalue weighted by Gasteiger charge is 2.47. The standard InChI is InChI=1S/C22H24O3SSi/c1-24-19-14-12-17(13-15-19)21(23)22(25-27(2,3)4,20-11-8-16-26-20)18-9-6-5-7-10-18/h5-16H,1-4H3. The highest BCUT2D eigenvalue weighted by Crippen LogP contribution is 2.41. The smallest absolute Gasteiger partial charge is 0.203 e. The molecule has 1 aromatic heterocycles. The first kappa shape index (κ1) is 19.5. The number of rotatable bonds is 7. The molecule has 140 valence electrons. The van der Waals surface area contributed by atoms with E-state index >= 15 is 0 Å². The molecule has 0 N–H and O–H groups in total. The second-order valence-electron chi connectivity index (χ2n) is 7.30. The van der Waals surface area contributed by atoms with E-state index in [9.17, 15) is 4.79 Å². The minimum Gasteiger partial charge on any atom is -0.497 e. The maximum atomic E-state index is 13.9. The number of benzene rings is 2. The third kappa shape index (κ3) is 4.05. The molecule has 0 spiro atoms. The van der Waals surface area contributed by atoms with Crippen molar-refractivity contribution in [2.24, 2.45) is 0 Å². The summed E-state index contributed by atoms with van der Waals surface area (Å²) in [6.07, 6.45) is 0. The van der Waals surface area contributed by atoms with Crippen LogP contribution in [0.3, 0.4) is 0 Å². The van der Waals surface area contributed by atoms with Gasteiger partial charge in [-0.1, -0.05) is 36.4 Å². The Balaban J connectivity index is 2.23. The summed E-state index contributed by atoms with van der Waals surface area (Å²) in [5.74, 6) is 0.667. The first-order chi connectivity index (χ1) is 12.9. The third-order valence-electron chi connectivity index (χ3n) is 4.18. The van der Waals surface area contributed by atoms with E-state index in [1.54, 1.807) is 30.6 Å². The zero-order valence-electron chi connectivity index (χ0n) is 16.1. The van der Waals surface area contributed by atoms with E-state index in [1.807, 2.05) is 60.0 Å². The van der Waals surface area contributed by atoms with Gasteiger partial charge in [-0.3, -0.25) is 4.79 Å². The summed E-state index contributed by atoms with van der Waals surface area (Å²) in [5.41, 5.74) is 0.316. The largest absolute Gasteiger partial charge is 0.497 e. The van der Waals surface area contributed by atoms with Crippen LogP contribution >= 0.6 is 11.3 Å². The lowest BCUT2D eigenvalue weighted by molar-refractivity contribution is 0.0570. The summed E-state index contributed by atoms with van der Waals surface area (Å²) < 4.78 is 11.9. The number of Topliss-reactive ketones (excluding diaryl/α,β-unsaturated/α-hetero) is 1. The molecule has 3 aromatic rings. The van der Waals surface area contributed by atoms with Gasteiger partial charge in [0.1, 0.15) is 5.75 Å². The van der Waals surface area contributed by atoms with Crippen molar-refractivity contribution in [2.45, 2.75) is 25.2 Å². The summed E-state index contributed by atoms with van der Waals surface area (Å²) in [5, 5.41) is 1.99. The van der Waals surface area contributed by atoms with Crippen LogP contribution in [-0.4, -0.2) is 21.2 Å².